The van der Waals surface area contributed by atoms with Crippen molar-refractivity contribution in [2.45, 2.75) is 19.8 Å². The molecule has 1 aliphatic carbocycles. The number of hydrogen-bond acceptors (Lipinski definition) is 5. The largest absolute Gasteiger partial charge is 0.497 e. The summed E-state index contributed by atoms with van der Waals surface area (Å²) in [5.74, 6) is 2.49. The Kier molecular flexibility index (Phi) is 3.50. The van der Waals surface area contributed by atoms with Crippen molar-refractivity contribution in [1.82, 2.24) is 4.98 Å². The molecule has 0 unspecified atom stereocenters. The van der Waals surface area contributed by atoms with E-state index < -0.39 is 0 Å². The molecule has 2 aromatic heterocycles. The lowest BCUT2D eigenvalue weighted by Gasteiger charge is -2.15. The van der Waals surface area contributed by atoms with Crippen molar-refractivity contribution in [2.75, 3.05) is 7.11 Å². The minimum absolute atomic E-state index is 0.748. The molecule has 0 spiro atoms. The van der Waals surface area contributed by atoms with Gasteiger partial charge in [0.1, 0.15) is 17.3 Å². The number of aryl methyl sites for hydroxylation is 3. The molecule has 5 heteroatoms. The van der Waals surface area contributed by atoms with Gasteiger partial charge in [0.15, 0.2) is 0 Å². The van der Waals surface area contributed by atoms with Crippen molar-refractivity contribution in [3.05, 3.63) is 52.3 Å². The first kappa shape index (κ1) is 14.2. The molecule has 0 bridgehead atoms. The maximum atomic E-state index is 5.50. The van der Waals surface area contributed by atoms with Gasteiger partial charge in [-0.05, 0) is 49.6 Å². The third kappa shape index (κ3) is 2.68. The molecule has 0 saturated carbocycles. The van der Waals surface area contributed by atoms with Crippen LogP contribution in [0.4, 0.5) is 5.13 Å². The maximum absolute atomic E-state index is 5.50. The van der Waals surface area contributed by atoms with Crippen molar-refractivity contribution in [3.8, 4) is 17.0 Å². The molecule has 0 saturated heterocycles. The monoisotopic (exact) mass is 324 g/mol. The van der Waals surface area contributed by atoms with Crippen molar-refractivity contribution in [1.29, 1.82) is 0 Å². The van der Waals surface area contributed by atoms with E-state index in [4.69, 9.17) is 14.1 Å². The first-order valence-electron chi connectivity index (χ1n) is 7.50. The molecule has 2 heterocycles. The Hall–Kier alpha value is -2.40. The van der Waals surface area contributed by atoms with E-state index in [1.165, 1.54) is 10.4 Å². The molecule has 0 aliphatic heterocycles. The third-order valence-electron chi connectivity index (χ3n) is 3.94. The smallest absolute Gasteiger partial charge is 0.210 e. The molecule has 23 heavy (non-hydrogen) atoms. The fourth-order valence-corrected chi connectivity index (χ4v) is 3.70. The van der Waals surface area contributed by atoms with E-state index >= 15 is 0 Å². The van der Waals surface area contributed by atoms with Gasteiger partial charge in [0.25, 0.3) is 0 Å². The summed E-state index contributed by atoms with van der Waals surface area (Å²) >= 11 is 1.65. The molecule has 4 nitrogen and oxygen atoms in total. The summed E-state index contributed by atoms with van der Waals surface area (Å²) in [6.45, 7) is 1.92. The SMILES string of the molecule is COc1ccc2c(c1)-c1nc(/N=C\c3ccc(C)o3)sc1CC2. The minimum Gasteiger partial charge on any atom is -0.497 e. The van der Waals surface area contributed by atoms with Crippen LogP contribution in [0.3, 0.4) is 0 Å². The Morgan fingerprint density at radius 3 is 2.96 bits per heavy atom. The first-order valence-corrected chi connectivity index (χ1v) is 8.32. The Bertz CT molecular complexity index is 892. The number of ether oxygens (including phenoxy) is 1. The van der Waals surface area contributed by atoms with Crippen molar-refractivity contribution >= 4 is 22.7 Å². The van der Waals surface area contributed by atoms with Gasteiger partial charge in [0, 0.05) is 10.4 Å². The average Bonchev–Trinajstić information content (AvgIpc) is 3.18. The predicted molar refractivity (Wildman–Crippen MR) is 92.2 cm³/mol. The first-order chi connectivity index (χ1) is 11.2. The number of nitrogens with zero attached hydrogens (tertiary/aromatic N) is 2. The maximum Gasteiger partial charge on any atom is 0.210 e. The van der Waals surface area contributed by atoms with Gasteiger partial charge in [0.2, 0.25) is 5.13 Å². The fraction of sp³-hybridized carbons (Fsp3) is 0.222. The highest BCUT2D eigenvalue weighted by Crippen LogP contribution is 2.40. The Morgan fingerprint density at radius 2 is 2.17 bits per heavy atom. The van der Waals surface area contributed by atoms with Gasteiger partial charge >= 0.3 is 0 Å². The normalized spacial score (nSPS) is 13.1. The number of aromatic nitrogens is 1. The lowest BCUT2D eigenvalue weighted by atomic mass is 9.93. The number of benzene rings is 1. The molecule has 0 amide bonds. The molecular weight excluding hydrogens is 308 g/mol. The second-order valence-electron chi connectivity index (χ2n) is 5.50. The highest BCUT2D eigenvalue weighted by Gasteiger charge is 2.21. The fourth-order valence-electron chi connectivity index (χ4n) is 2.79. The predicted octanol–water partition coefficient (Wildman–Crippen LogP) is 4.57. The molecule has 1 aromatic carbocycles. The zero-order chi connectivity index (χ0) is 15.8. The average molecular weight is 324 g/mol. The molecule has 116 valence electrons. The number of thiazole rings is 1. The summed E-state index contributed by atoms with van der Waals surface area (Å²) in [6, 6.07) is 10.0. The number of fused-ring (bicyclic) bond motifs is 3. The third-order valence-corrected chi connectivity index (χ3v) is 4.97. The van der Waals surface area contributed by atoms with Gasteiger partial charge < -0.3 is 9.15 Å². The summed E-state index contributed by atoms with van der Waals surface area (Å²) in [4.78, 5) is 10.5. The summed E-state index contributed by atoms with van der Waals surface area (Å²) in [5.41, 5.74) is 3.52. The second kappa shape index (κ2) is 5.66. The van der Waals surface area contributed by atoms with Gasteiger partial charge in [-0.15, -0.1) is 0 Å². The van der Waals surface area contributed by atoms with Crippen LogP contribution in [-0.2, 0) is 12.8 Å². The number of methoxy groups -OCH3 is 1. The Labute approximate surface area is 138 Å². The van der Waals surface area contributed by atoms with Crippen LogP contribution in [0.2, 0.25) is 0 Å². The number of aliphatic imine (C=N–C) groups is 1. The molecule has 0 radical (unpaired) electrons. The Morgan fingerprint density at radius 1 is 1.26 bits per heavy atom. The Balaban J connectivity index is 1.69. The lowest BCUT2D eigenvalue weighted by molar-refractivity contribution is 0.415. The van der Waals surface area contributed by atoms with E-state index in [0.717, 1.165) is 46.5 Å². The summed E-state index contributed by atoms with van der Waals surface area (Å²) in [6.07, 6.45) is 3.78. The van der Waals surface area contributed by atoms with Crippen molar-refractivity contribution in [3.63, 3.8) is 0 Å². The molecule has 3 aromatic rings. The van der Waals surface area contributed by atoms with Crippen molar-refractivity contribution in [2.24, 2.45) is 4.99 Å². The van der Waals surface area contributed by atoms with Crippen LogP contribution in [0.25, 0.3) is 11.3 Å². The number of furan rings is 1. The zero-order valence-electron chi connectivity index (χ0n) is 13.0. The van der Waals surface area contributed by atoms with Crippen LogP contribution in [0.15, 0.2) is 39.7 Å². The van der Waals surface area contributed by atoms with Gasteiger partial charge in [-0.2, -0.15) is 0 Å². The lowest BCUT2D eigenvalue weighted by Crippen LogP contribution is -2.02. The molecule has 0 atom stereocenters. The molecule has 4 rings (SSSR count). The van der Waals surface area contributed by atoms with E-state index in [0.29, 0.717) is 0 Å². The van der Waals surface area contributed by atoms with Crippen LogP contribution >= 0.6 is 11.3 Å². The molecule has 1 aliphatic rings. The second-order valence-corrected chi connectivity index (χ2v) is 6.56. The van der Waals surface area contributed by atoms with Gasteiger partial charge in [0.05, 0.1) is 19.0 Å². The zero-order valence-corrected chi connectivity index (χ0v) is 13.8. The molecule has 0 N–H and O–H groups in total. The van der Waals surface area contributed by atoms with E-state index in [1.807, 2.05) is 25.1 Å². The minimum atomic E-state index is 0.748. The quantitative estimate of drug-likeness (QED) is 0.663. The van der Waals surface area contributed by atoms with E-state index in [2.05, 4.69) is 17.1 Å². The summed E-state index contributed by atoms with van der Waals surface area (Å²) in [5, 5.41) is 0.764. The van der Waals surface area contributed by atoms with Gasteiger partial charge in [-0.25, -0.2) is 9.98 Å². The van der Waals surface area contributed by atoms with Crippen LogP contribution in [0.5, 0.6) is 5.75 Å². The van der Waals surface area contributed by atoms with E-state index in [9.17, 15) is 0 Å². The number of hydrogen-bond donors (Lipinski definition) is 0. The molecular formula is C18H16N2O2S. The van der Waals surface area contributed by atoms with Crippen LogP contribution < -0.4 is 4.74 Å². The van der Waals surface area contributed by atoms with Gasteiger partial charge in [-0.3, -0.25) is 0 Å². The van der Waals surface area contributed by atoms with Crippen LogP contribution in [0, 0.1) is 6.92 Å². The van der Waals surface area contributed by atoms with Crippen LogP contribution in [-0.4, -0.2) is 18.3 Å². The van der Waals surface area contributed by atoms with Gasteiger partial charge in [-0.1, -0.05) is 17.4 Å². The van der Waals surface area contributed by atoms with Crippen molar-refractivity contribution < 1.29 is 9.15 Å². The van der Waals surface area contributed by atoms with Crippen LogP contribution in [0.1, 0.15) is 22.0 Å². The topological polar surface area (TPSA) is 47.6 Å². The summed E-state index contributed by atoms with van der Waals surface area (Å²) < 4.78 is 10.8. The number of rotatable bonds is 3. The standard InChI is InChI=1S/C18H16N2O2S/c1-11-3-6-14(22-11)10-19-18-20-17-15-9-13(21-2)7-4-12(15)5-8-16(17)23-18/h3-4,6-7,9-10H,5,8H2,1-2H3/b19-10-. The molecule has 0 fully saturated rings. The van der Waals surface area contributed by atoms with E-state index in [-0.39, 0.29) is 0 Å². The highest BCUT2D eigenvalue weighted by molar-refractivity contribution is 7.15. The highest BCUT2D eigenvalue weighted by atomic mass is 32.1. The summed E-state index contributed by atoms with van der Waals surface area (Å²) in [7, 11) is 1.69. The van der Waals surface area contributed by atoms with E-state index in [1.54, 1.807) is 24.7 Å².